The highest BCUT2D eigenvalue weighted by Crippen LogP contribution is 2.42. The van der Waals surface area contributed by atoms with E-state index in [1.807, 2.05) is 0 Å². The van der Waals surface area contributed by atoms with Gasteiger partial charge in [-0.05, 0) is 93.7 Å². The van der Waals surface area contributed by atoms with Gasteiger partial charge in [0.15, 0.2) is 0 Å². The van der Waals surface area contributed by atoms with Gasteiger partial charge in [0.2, 0.25) is 0 Å². The highest BCUT2D eigenvalue weighted by atomic mass is 15.1. The highest BCUT2D eigenvalue weighted by Gasteiger charge is 2.18. The van der Waals surface area contributed by atoms with E-state index in [9.17, 15) is 0 Å². The van der Waals surface area contributed by atoms with Crippen molar-refractivity contribution in [3.63, 3.8) is 0 Å². The van der Waals surface area contributed by atoms with Gasteiger partial charge in [-0.2, -0.15) is 0 Å². The maximum atomic E-state index is 2.38. The molecule has 48 heavy (non-hydrogen) atoms. The van der Waals surface area contributed by atoms with Crippen molar-refractivity contribution in [3.05, 3.63) is 194 Å². The quantitative estimate of drug-likeness (QED) is 0.181. The summed E-state index contributed by atoms with van der Waals surface area (Å²) < 4.78 is 2.38. The Balaban J connectivity index is 1.25. The summed E-state index contributed by atoms with van der Waals surface area (Å²) in [6.07, 6.45) is 0. The number of benzene rings is 8. The average molecular weight is 613 g/mol. The Hall–Kier alpha value is -6.38. The topological polar surface area (TPSA) is 8.17 Å². The van der Waals surface area contributed by atoms with Crippen molar-refractivity contribution < 1.29 is 0 Å². The van der Waals surface area contributed by atoms with Crippen molar-refractivity contribution in [1.82, 2.24) is 4.57 Å². The van der Waals surface area contributed by atoms with E-state index in [1.165, 1.54) is 60.5 Å². The van der Waals surface area contributed by atoms with E-state index in [-0.39, 0.29) is 0 Å². The molecule has 0 unspecified atom stereocenters. The zero-order valence-corrected chi connectivity index (χ0v) is 26.4. The Morgan fingerprint density at radius 3 is 1.52 bits per heavy atom. The first-order valence-electron chi connectivity index (χ1n) is 16.4. The van der Waals surface area contributed by atoms with Gasteiger partial charge >= 0.3 is 0 Å². The monoisotopic (exact) mass is 612 g/mol. The van der Waals surface area contributed by atoms with Crippen LogP contribution in [0.3, 0.4) is 0 Å². The summed E-state index contributed by atoms with van der Waals surface area (Å²) in [6, 6.07) is 69.8. The zero-order valence-electron chi connectivity index (χ0n) is 26.4. The first-order chi connectivity index (χ1) is 23.8. The van der Waals surface area contributed by atoms with Crippen molar-refractivity contribution in [2.45, 2.75) is 0 Å². The van der Waals surface area contributed by atoms with E-state index in [0.717, 1.165) is 17.1 Å². The molecular formula is C46H32N2. The summed E-state index contributed by atoms with van der Waals surface area (Å²) in [6.45, 7) is 0. The predicted molar refractivity (Wildman–Crippen MR) is 204 cm³/mol. The lowest BCUT2D eigenvalue weighted by Crippen LogP contribution is -2.10. The van der Waals surface area contributed by atoms with Crippen molar-refractivity contribution in [2.75, 3.05) is 4.90 Å². The van der Waals surface area contributed by atoms with Gasteiger partial charge in [0.1, 0.15) is 0 Å². The molecule has 9 rings (SSSR count). The van der Waals surface area contributed by atoms with Crippen LogP contribution in [0.1, 0.15) is 0 Å². The molecule has 1 heterocycles. The standard InChI is InChI=1S/C46H32N2/c1-4-14-33(15-5-1)35-18-12-22-39(30-35)47(40-23-13-19-36(31-40)34-16-6-2-7-17-34)41-27-28-42-37(32-41)26-29-45-46(42)43-24-10-11-25-44(43)48(45)38-20-8-3-9-21-38/h1-32H. The molecule has 2 nitrogen and oxygen atoms in total. The summed E-state index contributed by atoms with van der Waals surface area (Å²) in [5, 5.41) is 5.00. The summed E-state index contributed by atoms with van der Waals surface area (Å²) >= 11 is 0. The molecule has 0 fully saturated rings. The van der Waals surface area contributed by atoms with Crippen LogP contribution in [0.15, 0.2) is 194 Å². The molecule has 2 heteroatoms. The molecular weight excluding hydrogens is 581 g/mol. The molecule has 0 radical (unpaired) electrons. The summed E-state index contributed by atoms with van der Waals surface area (Å²) in [7, 11) is 0. The SMILES string of the molecule is c1ccc(-c2cccc(N(c3cccc(-c4ccccc4)c3)c3ccc4c(ccc5c4c4ccccc4n5-c4ccccc4)c3)c2)cc1. The Bertz CT molecular complexity index is 2470. The third-order valence-electron chi connectivity index (χ3n) is 9.33. The fourth-order valence-electron chi connectivity index (χ4n) is 7.14. The van der Waals surface area contributed by atoms with Crippen LogP contribution in [0.5, 0.6) is 0 Å². The van der Waals surface area contributed by atoms with Crippen LogP contribution in [0.4, 0.5) is 17.1 Å². The van der Waals surface area contributed by atoms with Gasteiger partial charge in [-0.3, -0.25) is 0 Å². The van der Waals surface area contributed by atoms with Crippen molar-refractivity contribution in [2.24, 2.45) is 0 Å². The molecule has 0 atom stereocenters. The number of hydrogen-bond donors (Lipinski definition) is 0. The Kier molecular flexibility index (Phi) is 6.84. The fraction of sp³-hybridized carbons (Fsp3) is 0. The van der Waals surface area contributed by atoms with Crippen LogP contribution in [-0.4, -0.2) is 4.57 Å². The molecule has 0 N–H and O–H groups in total. The second-order valence-corrected chi connectivity index (χ2v) is 12.2. The van der Waals surface area contributed by atoms with Crippen LogP contribution in [0.25, 0.3) is 60.5 Å². The predicted octanol–water partition coefficient (Wildman–Crippen LogP) is 12.7. The third-order valence-corrected chi connectivity index (χ3v) is 9.33. The summed E-state index contributed by atoms with van der Waals surface area (Å²) in [5.41, 5.74) is 11.7. The van der Waals surface area contributed by atoms with Crippen molar-refractivity contribution >= 4 is 49.6 Å². The van der Waals surface area contributed by atoms with Gasteiger partial charge in [0, 0.05) is 33.5 Å². The van der Waals surface area contributed by atoms with Gasteiger partial charge in [0.05, 0.1) is 11.0 Å². The Morgan fingerprint density at radius 2 is 0.875 bits per heavy atom. The summed E-state index contributed by atoms with van der Waals surface area (Å²) in [4.78, 5) is 2.38. The van der Waals surface area contributed by atoms with Crippen molar-refractivity contribution in [1.29, 1.82) is 0 Å². The Morgan fingerprint density at radius 1 is 0.333 bits per heavy atom. The molecule has 0 aliphatic heterocycles. The van der Waals surface area contributed by atoms with E-state index >= 15 is 0 Å². The largest absolute Gasteiger partial charge is 0.310 e. The Labute approximate surface area is 280 Å². The normalized spacial score (nSPS) is 11.3. The van der Waals surface area contributed by atoms with E-state index in [0.29, 0.717) is 0 Å². The lowest BCUT2D eigenvalue weighted by molar-refractivity contribution is 1.18. The van der Waals surface area contributed by atoms with Crippen LogP contribution in [-0.2, 0) is 0 Å². The average Bonchev–Trinajstić information content (AvgIpc) is 3.51. The van der Waals surface area contributed by atoms with Crippen LogP contribution in [0.2, 0.25) is 0 Å². The second-order valence-electron chi connectivity index (χ2n) is 12.2. The maximum absolute atomic E-state index is 2.38. The van der Waals surface area contributed by atoms with Gasteiger partial charge in [0.25, 0.3) is 0 Å². The van der Waals surface area contributed by atoms with Gasteiger partial charge < -0.3 is 9.47 Å². The lowest BCUT2D eigenvalue weighted by atomic mass is 10.0. The number of hydrogen-bond acceptors (Lipinski definition) is 1. The molecule has 0 aliphatic carbocycles. The maximum Gasteiger partial charge on any atom is 0.0547 e. The number of nitrogens with zero attached hydrogens (tertiary/aromatic N) is 2. The number of anilines is 3. The minimum absolute atomic E-state index is 1.11. The summed E-state index contributed by atoms with van der Waals surface area (Å²) in [5.74, 6) is 0. The second kappa shape index (κ2) is 11.8. The molecule has 1 aromatic heterocycles. The number of para-hydroxylation sites is 2. The van der Waals surface area contributed by atoms with Crippen LogP contribution < -0.4 is 4.90 Å². The van der Waals surface area contributed by atoms with Crippen LogP contribution in [0, 0.1) is 0 Å². The van der Waals surface area contributed by atoms with Crippen LogP contribution >= 0.6 is 0 Å². The number of rotatable bonds is 6. The molecule has 0 aliphatic rings. The fourth-order valence-corrected chi connectivity index (χ4v) is 7.14. The molecule has 0 saturated heterocycles. The van der Waals surface area contributed by atoms with Gasteiger partial charge in [-0.1, -0.05) is 133 Å². The van der Waals surface area contributed by atoms with E-state index < -0.39 is 0 Å². The third kappa shape index (κ3) is 4.83. The molecule has 9 aromatic rings. The molecule has 8 aromatic carbocycles. The zero-order chi connectivity index (χ0) is 31.9. The van der Waals surface area contributed by atoms with E-state index in [1.54, 1.807) is 0 Å². The number of aromatic nitrogens is 1. The van der Waals surface area contributed by atoms with E-state index in [4.69, 9.17) is 0 Å². The van der Waals surface area contributed by atoms with Crippen molar-refractivity contribution in [3.8, 4) is 27.9 Å². The minimum Gasteiger partial charge on any atom is -0.310 e. The number of fused-ring (bicyclic) bond motifs is 5. The van der Waals surface area contributed by atoms with Gasteiger partial charge in [-0.25, -0.2) is 0 Å². The first-order valence-corrected chi connectivity index (χ1v) is 16.4. The first kappa shape index (κ1) is 27.9. The smallest absolute Gasteiger partial charge is 0.0547 e. The molecule has 226 valence electrons. The molecule has 0 bridgehead atoms. The van der Waals surface area contributed by atoms with Gasteiger partial charge in [-0.15, -0.1) is 0 Å². The molecule has 0 amide bonds. The highest BCUT2D eigenvalue weighted by molar-refractivity contribution is 6.21. The molecule has 0 spiro atoms. The lowest BCUT2D eigenvalue weighted by Gasteiger charge is -2.27. The molecule has 0 saturated carbocycles. The van der Waals surface area contributed by atoms with E-state index in [2.05, 4.69) is 204 Å². The minimum atomic E-state index is 1.11.